The van der Waals surface area contributed by atoms with E-state index in [1.807, 2.05) is 30.3 Å². The van der Waals surface area contributed by atoms with Crippen LogP contribution in [0.15, 0.2) is 93.3 Å². The molecule has 0 aliphatic carbocycles. The van der Waals surface area contributed by atoms with E-state index < -0.39 is 21.4 Å². The lowest BCUT2D eigenvalue weighted by molar-refractivity contribution is 0.101. The molecule has 0 bridgehead atoms. The van der Waals surface area contributed by atoms with Gasteiger partial charge in [-0.1, -0.05) is 48.5 Å². The van der Waals surface area contributed by atoms with E-state index in [9.17, 15) is 18.3 Å². The number of carbonyl (C=O) groups is 1. The first-order valence-electron chi connectivity index (χ1n) is 9.72. The summed E-state index contributed by atoms with van der Waals surface area (Å²) in [6.45, 7) is 0. The normalized spacial score (nSPS) is 12.1. The molecule has 2 N–H and O–H groups in total. The second-order valence-electron chi connectivity index (χ2n) is 6.94. The average molecular weight is 449 g/mol. The molecule has 0 radical (unpaired) electrons. The Labute approximate surface area is 184 Å². The van der Waals surface area contributed by atoms with Crippen molar-refractivity contribution in [3.63, 3.8) is 0 Å². The number of furan rings is 1. The first-order valence-corrected chi connectivity index (χ1v) is 11.2. The molecule has 2 aromatic carbocycles. The van der Waals surface area contributed by atoms with Crippen LogP contribution in [0.25, 0.3) is 5.76 Å². The summed E-state index contributed by atoms with van der Waals surface area (Å²) in [7, 11) is -4.03. The standard InChI is InChI=1S/C23H19N3O5S/c27-19(14-20(28)23-24-15-25-26-23)22-21(32(29,30)18-9-5-2-6-10-18)13-17(31-22)12-11-16-7-3-1-4-8-16/h1-10,13-15,28H,11-12H2,(H,24,25,26). The van der Waals surface area contributed by atoms with Crippen molar-refractivity contribution in [3.05, 3.63) is 102 Å². The number of rotatable bonds is 8. The van der Waals surface area contributed by atoms with Crippen LogP contribution in [0, 0.1) is 0 Å². The van der Waals surface area contributed by atoms with Crippen LogP contribution in [0.4, 0.5) is 0 Å². The highest BCUT2D eigenvalue weighted by atomic mass is 32.2. The number of benzene rings is 2. The molecule has 2 aromatic heterocycles. The molecule has 32 heavy (non-hydrogen) atoms. The van der Waals surface area contributed by atoms with Gasteiger partial charge in [0.25, 0.3) is 0 Å². The fourth-order valence-corrected chi connectivity index (χ4v) is 4.59. The first-order chi connectivity index (χ1) is 15.4. The summed E-state index contributed by atoms with van der Waals surface area (Å²) in [6.07, 6.45) is 3.02. The van der Waals surface area contributed by atoms with Crippen LogP contribution in [0.1, 0.15) is 27.7 Å². The van der Waals surface area contributed by atoms with Gasteiger partial charge < -0.3 is 9.52 Å². The third-order valence-corrected chi connectivity index (χ3v) is 6.52. The first kappa shape index (κ1) is 21.3. The van der Waals surface area contributed by atoms with Crippen LogP contribution < -0.4 is 0 Å². The summed E-state index contributed by atoms with van der Waals surface area (Å²) in [5.74, 6) is -1.35. The van der Waals surface area contributed by atoms with Crippen LogP contribution in [0.5, 0.6) is 0 Å². The van der Waals surface area contributed by atoms with Gasteiger partial charge in [0.05, 0.1) is 4.90 Å². The topological polar surface area (TPSA) is 126 Å². The molecule has 0 aliphatic heterocycles. The molecule has 4 rings (SSSR count). The Balaban J connectivity index is 1.72. The number of hydrogen-bond donors (Lipinski definition) is 2. The third kappa shape index (κ3) is 4.52. The van der Waals surface area contributed by atoms with Crippen LogP contribution in [0.2, 0.25) is 0 Å². The van der Waals surface area contributed by atoms with Crippen molar-refractivity contribution < 1.29 is 22.7 Å². The maximum Gasteiger partial charge on any atom is 0.226 e. The number of aryl methyl sites for hydroxylation is 2. The molecule has 0 saturated heterocycles. The molecule has 0 aliphatic rings. The third-order valence-electron chi connectivity index (χ3n) is 4.74. The summed E-state index contributed by atoms with van der Waals surface area (Å²) in [6, 6.07) is 18.8. The van der Waals surface area contributed by atoms with Crippen LogP contribution >= 0.6 is 0 Å². The fourth-order valence-electron chi connectivity index (χ4n) is 3.14. The molecule has 9 heteroatoms. The zero-order valence-electron chi connectivity index (χ0n) is 16.8. The van der Waals surface area contributed by atoms with Crippen molar-refractivity contribution in [1.29, 1.82) is 0 Å². The zero-order chi connectivity index (χ0) is 22.6. The molecular weight excluding hydrogens is 430 g/mol. The highest BCUT2D eigenvalue weighted by molar-refractivity contribution is 7.91. The van der Waals surface area contributed by atoms with Crippen molar-refractivity contribution in [2.45, 2.75) is 22.6 Å². The minimum absolute atomic E-state index is 0.0262. The molecule has 0 fully saturated rings. The predicted molar refractivity (Wildman–Crippen MR) is 116 cm³/mol. The monoisotopic (exact) mass is 449 g/mol. The number of aliphatic hydroxyl groups is 1. The Hall–Kier alpha value is -3.98. The van der Waals surface area contributed by atoms with E-state index in [1.54, 1.807) is 18.2 Å². The summed E-state index contributed by atoms with van der Waals surface area (Å²) >= 11 is 0. The number of ketones is 1. The van der Waals surface area contributed by atoms with Gasteiger partial charge in [-0.05, 0) is 30.2 Å². The number of sulfone groups is 1. The van der Waals surface area contributed by atoms with Crippen LogP contribution in [0.3, 0.4) is 0 Å². The van der Waals surface area contributed by atoms with Gasteiger partial charge >= 0.3 is 0 Å². The molecule has 4 aromatic rings. The van der Waals surface area contributed by atoms with Crippen molar-refractivity contribution in [2.75, 3.05) is 0 Å². The van der Waals surface area contributed by atoms with Gasteiger partial charge in [0.1, 0.15) is 17.0 Å². The number of aromatic nitrogens is 3. The lowest BCUT2D eigenvalue weighted by atomic mass is 10.1. The van der Waals surface area contributed by atoms with E-state index in [0.717, 1.165) is 11.6 Å². The fraction of sp³-hybridized carbons (Fsp3) is 0.0870. The van der Waals surface area contributed by atoms with Crippen LogP contribution in [-0.4, -0.2) is 34.5 Å². The number of carbonyl (C=O) groups excluding carboxylic acids is 1. The molecule has 0 saturated carbocycles. The Morgan fingerprint density at radius 3 is 2.38 bits per heavy atom. The second kappa shape index (κ2) is 9.03. The van der Waals surface area contributed by atoms with Gasteiger partial charge in [0.15, 0.2) is 17.3 Å². The maximum atomic E-state index is 13.2. The van der Waals surface area contributed by atoms with E-state index in [2.05, 4.69) is 15.2 Å². The molecule has 0 unspecified atom stereocenters. The Morgan fingerprint density at radius 1 is 1.03 bits per heavy atom. The van der Waals surface area contributed by atoms with Crippen LogP contribution in [-0.2, 0) is 22.7 Å². The van der Waals surface area contributed by atoms with Gasteiger partial charge in [0, 0.05) is 12.5 Å². The number of aliphatic hydroxyl groups excluding tert-OH is 1. The van der Waals surface area contributed by atoms with E-state index in [0.29, 0.717) is 18.6 Å². The molecule has 2 heterocycles. The molecule has 8 nitrogen and oxygen atoms in total. The Kier molecular flexibility index (Phi) is 6.00. The Morgan fingerprint density at radius 2 is 1.72 bits per heavy atom. The molecule has 0 amide bonds. The number of allylic oxidation sites excluding steroid dienone is 1. The van der Waals surface area contributed by atoms with Gasteiger partial charge in [-0.3, -0.25) is 9.89 Å². The summed E-state index contributed by atoms with van der Waals surface area (Å²) in [5.41, 5.74) is 1.05. The highest BCUT2D eigenvalue weighted by Crippen LogP contribution is 2.29. The quantitative estimate of drug-likeness (QED) is 0.238. The van der Waals surface area contributed by atoms with Crippen molar-refractivity contribution in [1.82, 2.24) is 15.2 Å². The molecular formula is C23H19N3O5S. The minimum atomic E-state index is -4.03. The second-order valence-corrected chi connectivity index (χ2v) is 8.85. The summed E-state index contributed by atoms with van der Waals surface area (Å²) in [5, 5.41) is 16.2. The Bertz CT molecular complexity index is 1340. The van der Waals surface area contributed by atoms with E-state index in [1.165, 1.54) is 24.5 Å². The maximum absolute atomic E-state index is 13.2. The van der Waals surface area contributed by atoms with Gasteiger partial charge in [-0.2, -0.15) is 5.10 Å². The van der Waals surface area contributed by atoms with Gasteiger partial charge in [0.2, 0.25) is 15.6 Å². The van der Waals surface area contributed by atoms with Crippen molar-refractivity contribution in [2.24, 2.45) is 0 Å². The van der Waals surface area contributed by atoms with E-state index in [4.69, 9.17) is 4.42 Å². The zero-order valence-corrected chi connectivity index (χ0v) is 17.6. The highest BCUT2D eigenvalue weighted by Gasteiger charge is 2.29. The predicted octanol–water partition coefficient (Wildman–Crippen LogP) is 3.80. The van der Waals surface area contributed by atoms with E-state index >= 15 is 0 Å². The summed E-state index contributed by atoms with van der Waals surface area (Å²) in [4.78, 5) is 16.4. The number of aromatic amines is 1. The number of nitrogens with one attached hydrogen (secondary N) is 1. The lowest BCUT2D eigenvalue weighted by Gasteiger charge is -2.03. The van der Waals surface area contributed by atoms with Crippen molar-refractivity contribution >= 4 is 21.4 Å². The smallest absolute Gasteiger partial charge is 0.226 e. The number of H-pyrrole nitrogens is 1. The van der Waals surface area contributed by atoms with Gasteiger partial charge in [-0.25, -0.2) is 13.4 Å². The average Bonchev–Trinajstić information content (AvgIpc) is 3.50. The SMILES string of the molecule is O=C(C=C(O)c1ncn[nH]1)c1oc(CCc2ccccc2)cc1S(=O)(=O)c1ccccc1. The van der Waals surface area contributed by atoms with E-state index in [-0.39, 0.29) is 21.4 Å². The lowest BCUT2D eigenvalue weighted by Crippen LogP contribution is -2.07. The van der Waals surface area contributed by atoms with Gasteiger partial charge in [-0.15, -0.1) is 0 Å². The number of nitrogens with zero attached hydrogens (tertiary/aromatic N) is 2. The number of hydrogen-bond acceptors (Lipinski definition) is 7. The largest absolute Gasteiger partial charge is 0.504 e. The minimum Gasteiger partial charge on any atom is -0.504 e. The molecule has 0 spiro atoms. The van der Waals surface area contributed by atoms with Crippen molar-refractivity contribution in [3.8, 4) is 0 Å². The molecule has 0 atom stereocenters. The molecule has 162 valence electrons. The summed E-state index contributed by atoms with van der Waals surface area (Å²) < 4.78 is 32.2.